The molecular formula is C20H21ClN4O3. The molecule has 146 valence electrons. The van der Waals surface area contributed by atoms with Crippen LogP contribution in [0.5, 0.6) is 0 Å². The molecule has 0 bridgehead atoms. The lowest BCUT2D eigenvalue weighted by molar-refractivity contribution is -0.114. The van der Waals surface area contributed by atoms with Crippen LogP contribution in [0.4, 0.5) is 5.69 Å². The van der Waals surface area contributed by atoms with Crippen LogP contribution in [0, 0.1) is 0 Å². The maximum Gasteiger partial charge on any atom is 0.336 e. The number of hydrogen-bond acceptors (Lipinski definition) is 4. The number of hydrogen-bond donors (Lipinski definition) is 1. The van der Waals surface area contributed by atoms with Gasteiger partial charge in [0.1, 0.15) is 0 Å². The molecule has 0 aliphatic heterocycles. The van der Waals surface area contributed by atoms with E-state index in [1.165, 1.54) is 11.5 Å². The van der Waals surface area contributed by atoms with Crippen molar-refractivity contribution in [3.05, 3.63) is 57.2 Å². The summed E-state index contributed by atoms with van der Waals surface area (Å²) in [6, 6.07) is 10.9. The predicted octanol–water partition coefficient (Wildman–Crippen LogP) is 2.15. The van der Waals surface area contributed by atoms with Crippen LogP contribution < -0.4 is 16.6 Å². The highest BCUT2D eigenvalue weighted by molar-refractivity contribution is 6.14. The van der Waals surface area contributed by atoms with Crippen LogP contribution in [0.1, 0.15) is 6.92 Å². The molecule has 2 aromatic heterocycles. The van der Waals surface area contributed by atoms with Crippen molar-refractivity contribution in [1.29, 1.82) is 0 Å². The molecule has 4 rings (SSSR count). The number of benzene rings is 2. The highest BCUT2D eigenvalue weighted by atomic mass is 35.5. The zero-order valence-electron chi connectivity index (χ0n) is 15.9. The minimum Gasteiger partial charge on any atom is -0.326 e. The van der Waals surface area contributed by atoms with E-state index in [9.17, 15) is 14.4 Å². The summed E-state index contributed by atoms with van der Waals surface area (Å²) in [5, 5.41) is 4.93. The molecule has 0 atom stereocenters. The predicted molar refractivity (Wildman–Crippen MR) is 114 cm³/mol. The summed E-state index contributed by atoms with van der Waals surface area (Å²) in [5.41, 5.74) is 1.39. The lowest BCUT2D eigenvalue weighted by Crippen LogP contribution is -2.39. The number of para-hydroxylation sites is 1. The van der Waals surface area contributed by atoms with E-state index < -0.39 is 0 Å². The van der Waals surface area contributed by atoms with Crippen LogP contribution >= 0.6 is 12.4 Å². The molecule has 2 heterocycles. The van der Waals surface area contributed by atoms with Crippen molar-refractivity contribution < 1.29 is 4.79 Å². The van der Waals surface area contributed by atoms with Gasteiger partial charge in [-0.15, -0.1) is 12.4 Å². The van der Waals surface area contributed by atoms with Crippen molar-refractivity contribution in [2.24, 2.45) is 0 Å². The number of carbonyl (C=O) groups is 1. The summed E-state index contributed by atoms with van der Waals surface area (Å²) in [4.78, 5) is 39.4. The monoisotopic (exact) mass is 400 g/mol. The highest BCUT2D eigenvalue weighted by Gasteiger charge is 2.18. The van der Waals surface area contributed by atoms with Gasteiger partial charge in [-0.1, -0.05) is 12.1 Å². The Morgan fingerprint density at radius 3 is 2.46 bits per heavy atom. The summed E-state index contributed by atoms with van der Waals surface area (Å²) < 4.78 is 2.90. The Morgan fingerprint density at radius 2 is 1.79 bits per heavy atom. The van der Waals surface area contributed by atoms with Gasteiger partial charge in [0.15, 0.2) is 0 Å². The van der Waals surface area contributed by atoms with Gasteiger partial charge in [-0.2, -0.15) is 0 Å². The molecule has 8 heteroatoms. The van der Waals surface area contributed by atoms with E-state index in [2.05, 4.69) is 5.32 Å². The second-order valence-electron chi connectivity index (χ2n) is 6.99. The smallest absolute Gasteiger partial charge is 0.326 e. The molecule has 0 saturated carbocycles. The van der Waals surface area contributed by atoms with Gasteiger partial charge >= 0.3 is 5.69 Å². The number of anilines is 1. The number of amides is 1. The Kier molecular flexibility index (Phi) is 5.14. The normalized spacial score (nSPS) is 11.4. The van der Waals surface area contributed by atoms with Gasteiger partial charge in [0, 0.05) is 36.5 Å². The summed E-state index contributed by atoms with van der Waals surface area (Å²) in [7, 11) is 3.80. The Morgan fingerprint density at radius 1 is 1.07 bits per heavy atom. The van der Waals surface area contributed by atoms with Gasteiger partial charge in [-0.3, -0.25) is 18.6 Å². The fraction of sp³-hybridized carbons (Fsp3) is 0.250. The summed E-state index contributed by atoms with van der Waals surface area (Å²) >= 11 is 0. The second kappa shape index (κ2) is 7.26. The van der Waals surface area contributed by atoms with Gasteiger partial charge in [0.2, 0.25) is 5.91 Å². The van der Waals surface area contributed by atoms with E-state index in [0.29, 0.717) is 29.7 Å². The molecule has 0 unspecified atom stereocenters. The zero-order chi connectivity index (χ0) is 19.3. The molecule has 1 amide bonds. The Balaban J connectivity index is 0.00000225. The number of fused-ring (bicyclic) bond motifs is 3. The lowest BCUT2D eigenvalue weighted by Gasteiger charge is -2.12. The topological polar surface area (TPSA) is 75.8 Å². The quantitative estimate of drug-likeness (QED) is 0.569. The van der Waals surface area contributed by atoms with Crippen LogP contribution in [0.15, 0.2) is 46.0 Å². The van der Waals surface area contributed by atoms with E-state index in [1.54, 1.807) is 16.5 Å². The standard InChI is InChI=1S/C20H20N4O3.ClH/c1-12(25)21-13-7-8-17-16(11-13)14-5-4-6-15-18(14)24(17)20(27)23(19(15)26)10-9-22(2)3;/h4-8,11H,9-10H2,1-3H3,(H,21,25);1H. The van der Waals surface area contributed by atoms with Crippen molar-refractivity contribution in [3.63, 3.8) is 0 Å². The summed E-state index contributed by atoms with van der Waals surface area (Å²) in [6.45, 7) is 2.36. The third kappa shape index (κ3) is 3.02. The third-order valence-electron chi connectivity index (χ3n) is 4.78. The van der Waals surface area contributed by atoms with E-state index in [0.717, 1.165) is 16.3 Å². The van der Waals surface area contributed by atoms with E-state index in [1.807, 2.05) is 43.3 Å². The summed E-state index contributed by atoms with van der Waals surface area (Å²) in [6.07, 6.45) is 0. The number of aromatic nitrogens is 2. The molecule has 7 nitrogen and oxygen atoms in total. The molecule has 0 saturated heterocycles. The first-order valence-electron chi connectivity index (χ1n) is 8.74. The second-order valence-corrected chi connectivity index (χ2v) is 6.99. The zero-order valence-corrected chi connectivity index (χ0v) is 16.7. The fourth-order valence-corrected chi connectivity index (χ4v) is 3.57. The molecule has 28 heavy (non-hydrogen) atoms. The molecule has 0 fully saturated rings. The minimum atomic E-state index is -0.340. The Bertz CT molecular complexity index is 1310. The first-order valence-corrected chi connectivity index (χ1v) is 8.74. The van der Waals surface area contributed by atoms with Gasteiger partial charge < -0.3 is 10.2 Å². The number of nitrogens with one attached hydrogen (secondary N) is 1. The Labute approximate surface area is 166 Å². The van der Waals surface area contributed by atoms with Gasteiger partial charge in [0.25, 0.3) is 5.56 Å². The van der Waals surface area contributed by atoms with E-state index >= 15 is 0 Å². The molecule has 0 radical (unpaired) electrons. The first kappa shape index (κ1) is 19.9. The SMILES string of the molecule is CC(=O)Nc1ccc2c(c1)c1cccc3c(=O)n(CCN(C)C)c(=O)n2c31.Cl. The molecular weight excluding hydrogens is 380 g/mol. The Hall–Kier alpha value is -2.90. The number of likely N-dealkylation sites (N-methyl/N-ethyl adjacent to an activating group) is 1. The molecule has 0 aliphatic rings. The maximum absolute atomic E-state index is 13.1. The van der Waals surface area contributed by atoms with Crippen LogP contribution in [-0.2, 0) is 11.3 Å². The molecule has 1 N–H and O–H groups in total. The van der Waals surface area contributed by atoms with Crippen molar-refractivity contribution in [3.8, 4) is 0 Å². The fourth-order valence-electron chi connectivity index (χ4n) is 3.57. The largest absolute Gasteiger partial charge is 0.336 e. The summed E-state index contributed by atoms with van der Waals surface area (Å²) in [5.74, 6) is -0.163. The van der Waals surface area contributed by atoms with Crippen LogP contribution in [-0.4, -0.2) is 40.4 Å². The van der Waals surface area contributed by atoms with Crippen molar-refractivity contribution in [2.75, 3.05) is 26.0 Å². The van der Waals surface area contributed by atoms with Gasteiger partial charge in [-0.25, -0.2) is 4.79 Å². The minimum absolute atomic E-state index is 0. The number of carbonyl (C=O) groups excluding carboxylic acids is 1. The number of rotatable bonds is 4. The lowest BCUT2D eigenvalue weighted by atomic mass is 10.1. The first-order chi connectivity index (χ1) is 12.9. The van der Waals surface area contributed by atoms with Crippen LogP contribution in [0.3, 0.4) is 0 Å². The van der Waals surface area contributed by atoms with E-state index in [4.69, 9.17) is 0 Å². The third-order valence-corrected chi connectivity index (χ3v) is 4.78. The molecule has 4 aromatic rings. The van der Waals surface area contributed by atoms with Crippen LogP contribution in [0.2, 0.25) is 0 Å². The average Bonchev–Trinajstić information content (AvgIpc) is 2.94. The van der Waals surface area contributed by atoms with Gasteiger partial charge in [-0.05, 0) is 38.4 Å². The molecule has 2 aromatic carbocycles. The average molecular weight is 401 g/mol. The van der Waals surface area contributed by atoms with Crippen LogP contribution in [0.25, 0.3) is 27.2 Å². The van der Waals surface area contributed by atoms with Crippen molar-refractivity contribution in [2.45, 2.75) is 13.5 Å². The maximum atomic E-state index is 13.1. The number of nitrogens with zero attached hydrogens (tertiary/aromatic N) is 3. The van der Waals surface area contributed by atoms with Crippen molar-refractivity contribution in [1.82, 2.24) is 13.9 Å². The molecule has 0 spiro atoms. The molecule has 0 aliphatic carbocycles. The number of halogens is 1. The van der Waals surface area contributed by atoms with Crippen molar-refractivity contribution >= 4 is 51.2 Å². The van der Waals surface area contributed by atoms with Gasteiger partial charge in [0.05, 0.1) is 16.4 Å². The van der Waals surface area contributed by atoms with E-state index in [-0.39, 0.29) is 29.6 Å². The highest BCUT2D eigenvalue weighted by Crippen LogP contribution is 2.31.